The SMILES string of the molecule is CN1C(=O)C(c2ccnc(C(F)F)c2)(c2ccc(F)c(-c3ccccn3)c2)N=C1N. The van der Waals surface area contributed by atoms with Gasteiger partial charge in [0.2, 0.25) is 0 Å². The first-order valence-electron chi connectivity index (χ1n) is 8.94. The van der Waals surface area contributed by atoms with Crippen LogP contribution in [0.15, 0.2) is 65.9 Å². The van der Waals surface area contributed by atoms with Gasteiger partial charge in [0.25, 0.3) is 12.3 Å². The van der Waals surface area contributed by atoms with Crippen LogP contribution in [0, 0.1) is 5.82 Å². The van der Waals surface area contributed by atoms with Gasteiger partial charge in [-0.2, -0.15) is 0 Å². The Kier molecular flexibility index (Phi) is 4.73. The lowest BCUT2D eigenvalue weighted by Gasteiger charge is -2.27. The van der Waals surface area contributed by atoms with Crippen molar-refractivity contribution in [2.45, 2.75) is 12.0 Å². The molecule has 1 aliphatic rings. The fourth-order valence-corrected chi connectivity index (χ4v) is 3.45. The molecule has 0 radical (unpaired) electrons. The van der Waals surface area contributed by atoms with Crippen molar-refractivity contribution in [3.63, 3.8) is 0 Å². The second-order valence-corrected chi connectivity index (χ2v) is 6.72. The van der Waals surface area contributed by atoms with Crippen LogP contribution in [0.25, 0.3) is 11.3 Å². The van der Waals surface area contributed by atoms with Gasteiger partial charge < -0.3 is 5.73 Å². The van der Waals surface area contributed by atoms with E-state index in [-0.39, 0.29) is 22.6 Å². The minimum atomic E-state index is -2.84. The van der Waals surface area contributed by atoms with E-state index in [4.69, 9.17) is 5.73 Å². The van der Waals surface area contributed by atoms with Gasteiger partial charge in [0.1, 0.15) is 11.5 Å². The lowest BCUT2D eigenvalue weighted by atomic mass is 9.82. The molecule has 1 aromatic carbocycles. The molecule has 9 heteroatoms. The average molecular weight is 411 g/mol. The summed E-state index contributed by atoms with van der Waals surface area (Å²) in [4.78, 5) is 26.5. The van der Waals surface area contributed by atoms with Crippen molar-refractivity contribution in [3.05, 3.63) is 83.6 Å². The molecule has 0 bridgehead atoms. The number of likely N-dealkylation sites (N-methyl/N-ethyl adjacent to an activating group) is 1. The van der Waals surface area contributed by atoms with Gasteiger partial charge in [0, 0.05) is 25.0 Å². The molecule has 0 fully saturated rings. The summed E-state index contributed by atoms with van der Waals surface area (Å²) in [7, 11) is 1.43. The molecule has 3 heterocycles. The minimum Gasteiger partial charge on any atom is -0.369 e. The third kappa shape index (κ3) is 2.99. The highest BCUT2D eigenvalue weighted by molar-refractivity contribution is 6.09. The van der Waals surface area contributed by atoms with Gasteiger partial charge in [-0.05, 0) is 47.5 Å². The largest absolute Gasteiger partial charge is 0.369 e. The smallest absolute Gasteiger partial charge is 0.280 e. The standard InChI is InChI=1S/C21H16F3N5O/c1-29-19(30)21(28-20(29)25,13-7-9-27-17(11-13)18(23)24)12-5-6-15(22)14(10-12)16-4-2-3-8-26-16/h2-11,18H,1H3,(H2,25,28). The Balaban J connectivity index is 1.98. The number of guanidine groups is 1. The van der Waals surface area contributed by atoms with E-state index >= 15 is 0 Å². The van der Waals surface area contributed by atoms with Crippen molar-refractivity contribution in [1.29, 1.82) is 0 Å². The van der Waals surface area contributed by atoms with E-state index in [1.54, 1.807) is 18.2 Å². The van der Waals surface area contributed by atoms with E-state index in [1.165, 1.54) is 43.7 Å². The minimum absolute atomic E-state index is 0.0841. The zero-order valence-electron chi connectivity index (χ0n) is 15.8. The number of alkyl halides is 2. The third-order valence-corrected chi connectivity index (χ3v) is 4.99. The molecule has 1 atom stereocenters. The van der Waals surface area contributed by atoms with Gasteiger partial charge in [-0.15, -0.1) is 0 Å². The van der Waals surface area contributed by atoms with E-state index in [1.807, 2.05) is 0 Å². The number of aromatic nitrogens is 2. The van der Waals surface area contributed by atoms with Gasteiger partial charge in [-0.25, -0.2) is 18.2 Å². The normalized spacial score (nSPS) is 18.8. The zero-order valence-corrected chi connectivity index (χ0v) is 15.8. The van der Waals surface area contributed by atoms with Gasteiger partial charge in [0.05, 0.1) is 5.69 Å². The quantitative estimate of drug-likeness (QED) is 0.714. The summed E-state index contributed by atoms with van der Waals surface area (Å²) in [5.74, 6) is -1.18. The highest BCUT2D eigenvalue weighted by atomic mass is 19.3. The zero-order chi connectivity index (χ0) is 21.5. The summed E-state index contributed by atoms with van der Waals surface area (Å²) in [6.07, 6.45) is -0.145. The number of amides is 1. The Labute approximate surface area is 169 Å². The lowest BCUT2D eigenvalue weighted by molar-refractivity contribution is -0.129. The van der Waals surface area contributed by atoms with Crippen LogP contribution in [0.2, 0.25) is 0 Å². The molecule has 1 aliphatic heterocycles. The van der Waals surface area contributed by atoms with Gasteiger partial charge in [-0.3, -0.25) is 19.7 Å². The van der Waals surface area contributed by atoms with E-state index in [2.05, 4.69) is 15.0 Å². The van der Waals surface area contributed by atoms with Crippen LogP contribution < -0.4 is 5.73 Å². The number of pyridine rings is 2. The molecular formula is C21H16F3N5O. The molecule has 152 valence electrons. The Morgan fingerprint density at radius 2 is 1.80 bits per heavy atom. The maximum absolute atomic E-state index is 14.6. The first kappa shape index (κ1) is 19.6. The molecule has 30 heavy (non-hydrogen) atoms. The fourth-order valence-electron chi connectivity index (χ4n) is 3.45. The number of nitrogens with zero attached hydrogens (tertiary/aromatic N) is 4. The number of nitrogens with two attached hydrogens (primary N) is 1. The first-order valence-corrected chi connectivity index (χ1v) is 8.94. The second kappa shape index (κ2) is 7.25. The maximum Gasteiger partial charge on any atom is 0.280 e. The van der Waals surface area contributed by atoms with Crippen LogP contribution in [-0.4, -0.2) is 33.8 Å². The molecule has 0 spiro atoms. The van der Waals surface area contributed by atoms with Crippen LogP contribution in [0.3, 0.4) is 0 Å². The molecular weight excluding hydrogens is 395 g/mol. The molecule has 0 saturated carbocycles. The van der Waals surface area contributed by atoms with Crippen LogP contribution in [-0.2, 0) is 10.3 Å². The van der Waals surface area contributed by atoms with Crippen LogP contribution in [0.1, 0.15) is 23.2 Å². The van der Waals surface area contributed by atoms with Gasteiger partial charge in [-0.1, -0.05) is 12.1 Å². The summed E-state index contributed by atoms with van der Waals surface area (Å²) in [5, 5.41) is 0. The maximum atomic E-state index is 14.6. The Morgan fingerprint density at radius 3 is 2.43 bits per heavy atom. The fraction of sp³-hybridized carbons (Fsp3) is 0.143. The number of carbonyl (C=O) groups is 1. The van der Waals surface area contributed by atoms with Crippen LogP contribution in [0.5, 0.6) is 0 Å². The summed E-state index contributed by atoms with van der Waals surface area (Å²) < 4.78 is 41.1. The number of benzene rings is 1. The highest BCUT2D eigenvalue weighted by Crippen LogP contribution is 2.41. The Hall–Kier alpha value is -3.75. The van der Waals surface area contributed by atoms with Crippen LogP contribution >= 0.6 is 0 Å². The Morgan fingerprint density at radius 1 is 1.03 bits per heavy atom. The molecule has 3 aromatic rings. The molecule has 2 N–H and O–H groups in total. The predicted molar refractivity (Wildman–Crippen MR) is 104 cm³/mol. The van der Waals surface area contributed by atoms with E-state index < -0.39 is 29.4 Å². The number of rotatable bonds is 4. The number of halogens is 3. The van der Waals surface area contributed by atoms with Gasteiger partial charge in [0.15, 0.2) is 11.5 Å². The number of carbonyl (C=O) groups excluding carboxylic acids is 1. The number of hydrogen-bond acceptors (Lipinski definition) is 5. The molecule has 1 amide bonds. The molecule has 0 aliphatic carbocycles. The van der Waals surface area contributed by atoms with Crippen molar-refractivity contribution in [2.75, 3.05) is 7.05 Å². The molecule has 0 saturated heterocycles. The monoisotopic (exact) mass is 411 g/mol. The van der Waals surface area contributed by atoms with Crippen molar-refractivity contribution in [1.82, 2.24) is 14.9 Å². The third-order valence-electron chi connectivity index (χ3n) is 4.99. The van der Waals surface area contributed by atoms with Crippen LogP contribution in [0.4, 0.5) is 13.2 Å². The summed E-state index contributed by atoms with van der Waals surface area (Å²) in [6, 6.07) is 11.6. The van der Waals surface area contributed by atoms with Gasteiger partial charge >= 0.3 is 0 Å². The molecule has 4 rings (SSSR count). The lowest BCUT2D eigenvalue weighted by Crippen LogP contribution is -2.41. The van der Waals surface area contributed by atoms with Crippen molar-refractivity contribution < 1.29 is 18.0 Å². The number of aliphatic imine (C=N–C) groups is 1. The topological polar surface area (TPSA) is 84.5 Å². The van der Waals surface area contributed by atoms with Crippen molar-refractivity contribution >= 4 is 11.9 Å². The predicted octanol–water partition coefficient (Wildman–Crippen LogP) is 3.25. The van der Waals surface area contributed by atoms with E-state index in [0.29, 0.717) is 5.69 Å². The summed E-state index contributed by atoms with van der Waals surface area (Å²) in [5.41, 5.74) is 4.57. The molecule has 6 nitrogen and oxygen atoms in total. The summed E-state index contributed by atoms with van der Waals surface area (Å²) in [6.45, 7) is 0. The van der Waals surface area contributed by atoms with Crippen molar-refractivity contribution in [2.24, 2.45) is 10.7 Å². The van der Waals surface area contributed by atoms with E-state index in [9.17, 15) is 18.0 Å². The second-order valence-electron chi connectivity index (χ2n) is 6.72. The highest BCUT2D eigenvalue weighted by Gasteiger charge is 2.50. The molecule has 1 unspecified atom stereocenters. The van der Waals surface area contributed by atoms with E-state index in [0.717, 1.165) is 11.0 Å². The molecule has 2 aromatic heterocycles. The Bertz CT molecular complexity index is 1150. The number of hydrogen-bond donors (Lipinski definition) is 1. The first-order chi connectivity index (χ1) is 14.3. The summed E-state index contributed by atoms with van der Waals surface area (Å²) >= 11 is 0. The average Bonchev–Trinajstić information content (AvgIpc) is 2.99. The van der Waals surface area contributed by atoms with Crippen molar-refractivity contribution in [3.8, 4) is 11.3 Å².